The zero-order valence-electron chi connectivity index (χ0n) is 11.2. The lowest BCUT2D eigenvalue weighted by Crippen LogP contribution is -2.43. The maximum absolute atomic E-state index is 11.7. The highest BCUT2D eigenvalue weighted by Crippen LogP contribution is 2.36. The fourth-order valence-corrected chi connectivity index (χ4v) is 2.66. The van der Waals surface area contributed by atoms with Crippen LogP contribution in [0.2, 0.25) is 0 Å². The number of hydrogen-bond acceptors (Lipinski definition) is 2. The molecule has 102 valence electrons. The van der Waals surface area contributed by atoms with E-state index in [1.165, 1.54) is 19.3 Å². The van der Waals surface area contributed by atoms with Crippen molar-refractivity contribution >= 4 is 11.8 Å². The molecule has 2 amide bonds. The van der Waals surface area contributed by atoms with Crippen LogP contribution in [0.15, 0.2) is 0 Å². The van der Waals surface area contributed by atoms with Gasteiger partial charge in [-0.3, -0.25) is 9.59 Å². The molecule has 4 heteroatoms. The first kappa shape index (κ1) is 13.4. The Labute approximate surface area is 109 Å². The van der Waals surface area contributed by atoms with Gasteiger partial charge in [-0.2, -0.15) is 0 Å². The van der Waals surface area contributed by atoms with Gasteiger partial charge in [0.1, 0.15) is 0 Å². The van der Waals surface area contributed by atoms with E-state index in [4.69, 9.17) is 0 Å². The van der Waals surface area contributed by atoms with E-state index in [0.717, 1.165) is 25.7 Å². The second kappa shape index (κ2) is 6.21. The number of hydrogen-bond donors (Lipinski definition) is 2. The van der Waals surface area contributed by atoms with Crippen LogP contribution in [-0.4, -0.2) is 24.4 Å². The molecule has 0 radical (unpaired) electrons. The molecule has 0 bridgehead atoms. The second-order valence-electron chi connectivity index (χ2n) is 5.75. The van der Waals surface area contributed by atoms with E-state index < -0.39 is 0 Å². The molecule has 18 heavy (non-hydrogen) atoms. The maximum atomic E-state index is 11.7. The molecule has 1 unspecified atom stereocenters. The van der Waals surface area contributed by atoms with Crippen molar-refractivity contribution in [1.82, 2.24) is 10.6 Å². The summed E-state index contributed by atoms with van der Waals surface area (Å²) in [7, 11) is 0. The van der Waals surface area contributed by atoms with Gasteiger partial charge in [0.2, 0.25) is 11.8 Å². The van der Waals surface area contributed by atoms with Crippen molar-refractivity contribution in [2.45, 2.75) is 57.9 Å². The summed E-state index contributed by atoms with van der Waals surface area (Å²) in [5.74, 6) is 0.591. The van der Waals surface area contributed by atoms with Crippen LogP contribution in [0, 0.1) is 11.8 Å². The Morgan fingerprint density at radius 1 is 1.11 bits per heavy atom. The second-order valence-corrected chi connectivity index (χ2v) is 5.75. The van der Waals surface area contributed by atoms with E-state index in [0.29, 0.717) is 12.0 Å². The van der Waals surface area contributed by atoms with Crippen molar-refractivity contribution in [2.24, 2.45) is 11.8 Å². The fourth-order valence-electron chi connectivity index (χ4n) is 2.66. The quantitative estimate of drug-likeness (QED) is 0.781. The first-order chi connectivity index (χ1) is 8.66. The van der Waals surface area contributed by atoms with E-state index in [-0.39, 0.29) is 24.3 Å². The van der Waals surface area contributed by atoms with Crippen LogP contribution in [0.4, 0.5) is 0 Å². The van der Waals surface area contributed by atoms with Gasteiger partial charge in [0.25, 0.3) is 0 Å². The van der Waals surface area contributed by atoms with Crippen molar-refractivity contribution in [3.63, 3.8) is 0 Å². The van der Waals surface area contributed by atoms with Crippen molar-refractivity contribution in [3.05, 3.63) is 0 Å². The summed E-state index contributed by atoms with van der Waals surface area (Å²) in [6, 6.07) is 0.323. The van der Waals surface area contributed by atoms with E-state index in [1.807, 2.05) is 6.92 Å². The Balaban J connectivity index is 1.62. The van der Waals surface area contributed by atoms with E-state index in [1.54, 1.807) is 0 Å². The smallest absolute Gasteiger partial charge is 0.239 e. The number of nitrogens with one attached hydrogen (secondary N) is 2. The topological polar surface area (TPSA) is 58.2 Å². The Morgan fingerprint density at radius 3 is 2.39 bits per heavy atom. The fraction of sp³-hybridized carbons (Fsp3) is 0.857. The SMILES string of the molecule is CC(C(=O)NCC(=O)NC1CCCCC1)C1CC1. The largest absolute Gasteiger partial charge is 0.352 e. The molecule has 2 aliphatic carbocycles. The van der Waals surface area contributed by atoms with Crippen LogP contribution >= 0.6 is 0 Å². The summed E-state index contributed by atoms with van der Waals surface area (Å²) < 4.78 is 0. The maximum Gasteiger partial charge on any atom is 0.239 e. The van der Waals surface area contributed by atoms with Gasteiger partial charge in [-0.15, -0.1) is 0 Å². The Bertz CT molecular complexity index is 307. The molecule has 2 aliphatic rings. The third-order valence-corrected chi connectivity index (χ3v) is 4.14. The molecule has 0 aromatic rings. The first-order valence-electron chi connectivity index (χ1n) is 7.24. The molecule has 1 atom stereocenters. The van der Waals surface area contributed by atoms with E-state index in [2.05, 4.69) is 10.6 Å². The predicted octanol–water partition coefficient (Wildman–Crippen LogP) is 1.60. The zero-order chi connectivity index (χ0) is 13.0. The molecule has 0 aromatic heterocycles. The summed E-state index contributed by atoms with van der Waals surface area (Å²) in [6.45, 7) is 2.08. The molecule has 2 fully saturated rings. The monoisotopic (exact) mass is 252 g/mol. The van der Waals surface area contributed by atoms with Crippen molar-refractivity contribution < 1.29 is 9.59 Å². The number of carbonyl (C=O) groups is 2. The zero-order valence-corrected chi connectivity index (χ0v) is 11.2. The first-order valence-corrected chi connectivity index (χ1v) is 7.24. The summed E-state index contributed by atoms with van der Waals surface area (Å²) in [5, 5.41) is 5.75. The molecule has 4 nitrogen and oxygen atoms in total. The Kier molecular flexibility index (Phi) is 4.61. The molecular formula is C14H24N2O2. The van der Waals surface area contributed by atoms with Gasteiger partial charge in [-0.25, -0.2) is 0 Å². The highest BCUT2D eigenvalue weighted by atomic mass is 16.2. The highest BCUT2D eigenvalue weighted by molar-refractivity contribution is 5.86. The van der Waals surface area contributed by atoms with Crippen LogP contribution in [-0.2, 0) is 9.59 Å². The highest BCUT2D eigenvalue weighted by Gasteiger charge is 2.32. The van der Waals surface area contributed by atoms with E-state index in [9.17, 15) is 9.59 Å². The van der Waals surface area contributed by atoms with Gasteiger partial charge in [0.15, 0.2) is 0 Å². The lowest BCUT2D eigenvalue weighted by Gasteiger charge is -2.23. The standard InChI is InChI=1S/C14H24N2O2/c1-10(11-7-8-11)14(18)15-9-13(17)16-12-5-3-2-4-6-12/h10-12H,2-9H2,1H3,(H,15,18)(H,16,17). The summed E-state index contributed by atoms with van der Waals surface area (Å²) in [6.07, 6.45) is 8.16. The minimum absolute atomic E-state index is 0.0243. The summed E-state index contributed by atoms with van der Waals surface area (Å²) in [4.78, 5) is 23.4. The van der Waals surface area contributed by atoms with Gasteiger partial charge in [-0.1, -0.05) is 26.2 Å². The van der Waals surface area contributed by atoms with Crippen LogP contribution in [0.25, 0.3) is 0 Å². The van der Waals surface area contributed by atoms with Gasteiger partial charge in [0, 0.05) is 12.0 Å². The minimum atomic E-state index is -0.0433. The molecule has 0 aliphatic heterocycles. The van der Waals surface area contributed by atoms with Gasteiger partial charge in [0.05, 0.1) is 6.54 Å². The number of amides is 2. The number of carbonyl (C=O) groups excluding carboxylic acids is 2. The lowest BCUT2D eigenvalue weighted by molar-refractivity contribution is -0.129. The molecule has 0 aromatic carbocycles. The molecular weight excluding hydrogens is 228 g/mol. The molecule has 2 saturated carbocycles. The summed E-state index contributed by atoms with van der Waals surface area (Å²) in [5.41, 5.74) is 0. The van der Waals surface area contributed by atoms with Crippen LogP contribution in [0.1, 0.15) is 51.9 Å². The lowest BCUT2D eigenvalue weighted by atomic mass is 9.95. The normalized spacial score (nSPS) is 22.3. The van der Waals surface area contributed by atoms with Crippen LogP contribution in [0.5, 0.6) is 0 Å². The Morgan fingerprint density at radius 2 is 1.78 bits per heavy atom. The molecule has 0 saturated heterocycles. The minimum Gasteiger partial charge on any atom is -0.352 e. The van der Waals surface area contributed by atoms with Crippen molar-refractivity contribution in [3.8, 4) is 0 Å². The predicted molar refractivity (Wildman–Crippen MR) is 69.9 cm³/mol. The Hall–Kier alpha value is -1.06. The van der Waals surface area contributed by atoms with Crippen molar-refractivity contribution in [1.29, 1.82) is 0 Å². The van der Waals surface area contributed by atoms with Crippen molar-refractivity contribution in [2.75, 3.05) is 6.54 Å². The van der Waals surface area contributed by atoms with Gasteiger partial charge >= 0.3 is 0 Å². The molecule has 2 rings (SSSR count). The van der Waals surface area contributed by atoms with E-state index >= 15 is 0 Å². The van der Waals surface area contributed by atoms with Gasteiger partial charge in [-0.05, 0) is 31.6 Å². The number of rotatable bonds is 5. The third-order valence-electron chi connectivity index (χ3n) is 4.14. The van der Waals surface area contributed by atoms with Crippen LogP contribution < -0.4 is 10.6 Å². The average molecular weight is 252 g/mol. The van der Waals surface area contributed by atoms with Crippen LogP contribution in [0.3, 0.4) is 0 Å². The van der Waals surface area contributed by atoms with Gasteiger partial charge < -0.3 is 10.6 Å². The molecule has 0 spiro atoms. The average Bonchev–Trinajstić information content (AvgIpc) is 3.20. The molecule has 0 heterocycles. The summed E-state index contributed by atoms with van der Waals surface area (Å²) >= 11 is 0. The third kappa shape index (κ3) is 4.00. The molecule has 2 N–H and O–H groups in total.